The van der Waals surface area contributed by atoms with E-state index in [1.165, 1.54) is 6.42 Å². The molecule has 1 N–H and O–H groups in total. The molecule has 0 saturated carbocycles. The van der Waals surface area contributed by atoms with Crippen LogP contribution in [0.4, 0.5) is 5.69 Å². The molecule has 1 aromatic carbocycles. The number of benzene rings is 1. The molecule has 1 aliphatic rings. The molecule has 0 unspecified atom stereocenters. The van der Waals surface area contributed by atoms with Gasteiger partial charge in [-0.15, -0.1) is 0 Å². The predicted molar refractivity (Wildman–Crippen MR) is 80.0 cm³/mol. The van der Waals surface area contributed by atoms with Crippen LogP contribution in [0.3, 0.4) is 0 Å². The van der Waals surface area contributed by atoms with Gasteiger partial charge in [-0.1, -0.05) is 29.6 Å². The number of carbonyl (C=O) groups excluding carboxylic acids is 1. The molecule has 104 valence electrons. The first-order chi connectivity index (χ1) is 9.08. The highest BCUT2D eigenvalue weighted by molar-refractivity contribution is 6.35. The minimum absolute atomic E-state index is 0.0360. The fraction of sp³-hybridized carbons (Fsp3) is 0.500. The van der Waals surface area contributed by atoms with Gasteiger partial charge in [0, 0.05) is 5.02 Å². The number of carbonyl (C=O) groups is 1. The van der Waals surface area contributed by atoms with Gasteiger partial charge in [-0.25, -0.2) is 0 Å². The zero-order valence-corrected chi connectivity index (χ0v) is 12.5. The zero-order chi connectivity index (χ0) is 13.8. The van der Waals surface area contributed by atoms with Crippen LogP contribution in [-0.4, -0.2) is 29.9 Å². The number of nitrogens with zero attached hydrogens (tertiary/aromatic N) is 1. The van der Waals surface area contributed by atoms with Gasteiger partial charge in [-0.05, 0) is 51.1 Å². The van der Waals surface area contributed by atoms with Crippen molar-refractivity contribution in [2.75, 3.05) is 18.4 Å². The molecule has 2 rings (SSSR count). The van der Waals surface area contributed by atoms with Gasteiger partial charge in [0.25, 0.3) is 0 Å². The minimum Gasteiger partial charge on any atom is -0.323 e. The van der Waals surface area contributed by atoms with Crippen LogP contribution in [0.25, 0.3) is 0 Å². The topological polar surface area (TPSA) is 32.3 Å². The van der Waals surface area contributed by atoms with Gasteiger partial charge in [0.2, 0.25) is 5.91 Å². The van der Waals surface area contributed by atoms with E-state index in [1.54, 1.807) is 18.2 Å². The van der Waals surface area contributed by atoms with Crippen LogP contribution < -0.4 is 5.32 Å². The molecule has 1 amide bonds. The van der Waals surface area contributed by atoms with Crippen molar-refractivity contribution in [3.05, 3.63) is 28.2 Å². The summed E-state index contributed by atoms with van der Waals surface area (Å²) in [6.45, 7) is 3.90. The Kier molecular flexibility index (Phi) is 5.08. The van der Waals surface area contributed by atoms with Gasteiger partial charge in [0.15, 0.2) is 0 Å². The zero-order valence-electron chi connectivity index (χ0n) is 11.0. The number of anilines is 1. The molecular formula is C14H18Cl2N2O. The third-order valence-electron chi connectivity index (χ3n) is 3.50. The number of halogens is 2. The summed E-state index contributed by atoms with van der Waals surface area (Å²) in [7, 11) is 0. The number of hydrogen-bond donors (Lipinski definition) is 1. The van der Waals surface area contributed by atoms with Crippen molar-refractivity contribution in [2.24, 2.45) is 0 Å². The van der Waals surface area contributed by atoms with Crippen molar-refractivity contribution in [3.8, 4) is 0 Å². The fourth-order valence-electron chi connectivity index (χ4n) is 2.30. The Morgan fingerprint density at radius 1 is 1.26 bits per heavy atom. The molecule has 19 heavy (non-hydrogen) atoms. The molecule has 1 saturated heterocycles. The van der Waals surface area contributed by atoms with E-state index in [9.17, 15) is 4.79 Å². The van der Waals surface area contributed by atoms with E-state index < -0.39 is 0 Å². The molecule has 1 aromatic rings. The number of hydrogen-bond acceptors (Lipinski definition) is 2. The van der Waals surface area contributed by atoms with Crippen LogP contribution in [0.5, 0.6) is 0 Å². The summed E-state index contributed by atoms with van der Waals surface area (Å²) < 4.78 is 0. The maximum Gasteiger partial charge on any atom is 0.241 e. The second-order valence-electron chi connectivity index (χ2n) is 4.89. The van der Waals surface area contributed by atoms with E-state index in [0.29, 0.717) is 15.7 Å². The van der Waals surface area contributed by atoms with E-state index in [0.717, 1.165) is 25.9 Å². The average Bonchev–Trinajstić information content (AvgIpc) is 2.43. The van der Waals surface area contributed by atoms with Crippen molar-refractivity contribution in [1.82, 2.24) is 4.90 Å². The first-order valence-corrected chi connectivity index (χ1v) is 7.33. The SMILES string of the molecule is C[C@H](C(=O)Nc1cc(Cl)ccc1Cl)N1CCCCC1. The molecule has 1 heterocycles. The van der Waals surface area contributed by atoms with Crippen molar-refractivity contribution in [2.45, 2.75) is 32.2 Å². The highest BCUT2D eigenvalue weighted by atomic mass is 35.5. The number of nitrogens with one attached hydrogen (secondary N) is 1. The highest BCUT2D eigenvalue weighted by Crippen LogP contribution is 2.26. The van der Waals surface area contributed by atoms with Crippen LogP contribution in [0.2, 0.25) is 10.0 Å². The average molecular weight is 301 g/mol. The summed E-state index contributed by atoms with van der Waals surface area (Å²) >= 11 is 12.0. The van der Waals surface area contributed by atoms with Crippen molar-refractivity contribution >= 4 is 34.8 Å². The molecule has 1 fully saturated rings. The molecule has 1 atom stereocenters. The Bertz CT molecular complexity index is 459. The third kappa shape index (κ3) is 3.85. The lowest BCUT2D eigenvalue weighted by atomic mass is 10.1. The summed E-state index contributed by atoms with van der Waals surface area (Å²) in [6.07, 6.45) is 3.58. The van der Waals surface area contributed by atoms with Gasteiger partial charge in [-0.3, -0.25) is 9.69 Å². The van der Waals surface area contributed by atoms with Crippen LogP contribution in [0, 0.1) is 0 Å². The van der Waals surface area contributed by atoms with Gasteiger partial charge >= 0.3 is 0 Å². The van der Waals surface area contributed by atoms with Gasteiger partial charge in [0.05, 0.1) is 16.8 Å². The Hall–Kier alpha value is -0.770. The Morgan fingerprint density at radius 3 is 2.63 bits per heavy atom. The van der Waals surface area contributed by atoms with Crippen LogP contribution in [0.1, 0.15) is 26.2 Å². The van der Waals surface area contributed by atoms with E-state index in [4.69, 9.17) is 23.2 Å². The molecule has 3 nitrogen and oxygen atoms in total. The second-order valence-corrected chi connectivity index (χ2v) is 5.73. The monoisotopic (exact) mass is 300 g/mol. The Balaban J connectivity index is 2.01. The third-order valence-corrected chi connectivity index (χ3v) is 4.07. The number of piperidine rings is 1. The van der Waals surface area contributed by atoms with E-state index in [-0.39, 0.29) is 11.9 Å². The van der Waals surface area contributed by atoms with Crippen LogP contribution in [0.15, 0.2) is 18.2 Å². The molecule has 5 heteroatoms. The molecular weight excluding hydrogens is 283 g/mol. The Morgan fingerprint density at radius 2 is 1.95 bits per heavy atom. The predicted octanol–water partition coefficient (Wildman–Crippen LogP) is 3.81. The first kappa shape index (κ1) is 14.6. The van der Waals surface area contributed by atoms with Gasteiger partial charge < -0.3 is 5.32 Å². The number of rotatable bonds is 3. The summed E-state index contributed by atoms with van der Waals surface area (Å²) in [5.74, 6) is -0.0360. The molecule has 0 bridgehead atoms. The highest BCUT2D eigenvalue weighted by Gasteiger charge is 2.23. The first-order valence-electron chi connectivity index (χ1n) is 6.58. The maximum atomic E-state index is 12.2. The van der Waals surface area contributed by atoms with Gasteiger partial charge in [0.1, 0.15) is 0 Å². The van der Waals surface area contributed by atoms with Crippen molar-refractivity contribution in [1.29, 1.82) is 0 Å². The second kappa shape index (κ2) is 6.60. The van der Waals surface area contributed by atoms with Crippen LogP contribution in [-0.2, 0) is 4.79 Å². The lowest BCUT2D eigenvalue weighted by molar-refractivity contribution is -0.121. The molecule has 0 aliphatic carbocycles. The standard InChI is InChI=1S/C14H18Cl2N2O/c1-10(18-7-3-2-4-8-18)14(19)17-13-9-11(15)5-6-12(13)16/h5-6,9-10H,2-4,7-8H2,1H3,(H,17,19)/t10-/m1/s1. The van der Waals surface area contributed by atoms with Gasteiger partial charge in [-0.2, -0.15) is 0 Å². The summed E-state index contributed by atoms with van der Waals surface area (Å²) in [5, 5.41) is 3.91. The summed E-state index contributed by atoms with van der Waals surface area (Å²) in [6, 6.07) is 4.92. The fourth-order valence-corrected chi connectivity index (χ4v) is 2.64. The summed E-state index contributed by atoms with van der Waals surface area (Å²) in [5.41, 5.74) is 0.572. The maximum absolute atomic E-state index is 12.2. The summed E-state index contributed by atoms with van der Waals surface area (Å²) in [4.78, 5) is 14.4. The van der Waals surface area contributed by atoms with Crippen LogP contribution >= 0.6 is 23.2 Å². The lowest BCUT2D eigenvalue weighted by Gasteiger charge is -2.31. The van der Waals surface area contributed by atoms with Crippen molar-refractivity contribution < 1.29 is 4.79 Å². The van der Waals surface area contributed by atoms with E-state index in [2.05, 4.69) is 10.2 Å². The lowest BCUT2D eigenvalue weighted by Crippen LogP contribution is -2.44. The quantitative estimate of drug-likeness (QED) is 0.921. The largest absolute Gasteiger partial charge is 0.323 e. The number of likely N-dealkylation sites (tertiary alicyclic amines) is 1. The van der Waals surface area contributed by atoms with Crippen molar-refractivity contribution in [3.63, 3.8) is 0 Å². The molecule has 0 spiro atoms. The molecule has 0 aromatic heterocycles. The molecule has 1 aliphatic heterocycles. The number of amides is 1. The minimum atomic E-state index is -0.143. The van der Waals surface area contributed by atoms with E-state index >= 15 is 0 Å². The normalized spacial score (nSPS) is 18.1. The Labute approximate surface area is 123 Å². The molecule has 0 radical (unpaired) electrons. The van der Waals surface area contributed by atoms with E-state index in [1.807, 2.05) is 6.92 Å². The smallest absolute Gasteiger partial charge is 0.241 e.